The molecule has 0 fully saturated rings. The van der Waals surface area contributed by atoms with Crippen molar-refractivity contribution in [2.45, 2.75) is 6.18 Å². The molecule has 0 unspecified atom stereocenters. The number of nitrogens with one attached hydrogen (secondary N) is 2. The predicted molar refractivity (Wildman–Crippen MR) is 109 cm³/mol. The predicted octanol–water partition coefficient (Wildman–Crippen LogP) is 3.55. The number of benzene rings is 1. The molecule has 164 valence electrons. The maximum absolute atomic E-state index is 12.3. The van der Waals surface area contributed by atoms with E-state index in [1.807, 2.05) is 0 Å². The number of ether oxygens (including phenoxy) is 1. The van der Waals surface area contributed by atoms with E-state index in [2.05, 4.69) is 25.4 Å². The van der Waals surface area contributed by atoms with Gasteiger partial charge in [0.25, 0.3) is 0 Å². The summed E-state index contributed by atoms with van der Waals surface area (Å²) in [4.78, 5) is 24.3. The van der Waals surface area contributed by atoms with Gasteiger partial charge >= 0.3 is 18.2 Å². The fraction of sp³-hybridized carbons (Fsp3) is 0.150. The van der Waals surface area contributed by atoms with Crippen LogP contribution in [0.2, 0.25) is 0 Å². The Bertz CT molecular complexity index is 1260. The molecule has 2 amide bonds. The third-order valence-electron chi connectivity index (χ3n) is 4.38. The summed E-state index contributed by atoms with van der Waals surface area (Å²) < 4.78 is 43.3. The number of carbonyl (C=O) groups excluding carboxylic acids is 1. The molecule has 0 aliphatic carbocycles. The summed E-state index contributed by atoms with van der Waals surface area (Å²) >= 11 is 0. The Kier molecular flexibility index (Phi) is 5.58. The maximum Gasteiger partial charge on any atom is 0.405 e. The quantitative estimate of drug-likeness (QED) is 0.489. The summed E-state index contributed by atoms with van der Waals surface area (Å²) in [5.41, 5.74) is 3.72. The SMILES string of the molecule is COc1ncc(-c2cnc3c(-c4cccc(NC(=O)NCC(F)(F)F)c4)cnn3c2)cn1. The number of amides is 2. The third kappa shape index (κ3) is 4.74. The van der Waals surface area contributed by atoms with E-state index in [-0.39, 0.29) is 6.01 Å². The number of nitrogens with zero attached hydrogens (tertiary/aromatic N) is 5. The second-order valence-corrected chi connectivity index (χ2v) is 6.63. The first-order valence-electron chi connectivity index (χ1n) is 9.24. The lowest BCUT2D eigenvalue weighted by Gasteiger charge is -2.10. The van der Waals surface area contributed by atoms with Gasteiger partial charge in [-0.2, -0.15) is 18.3 Å². The molecule has 0 aliphatic rings. The normalized spacial score (nSPS) is 11.4. The first-order chi connectivity index (χ1) is 15.3. The lowest BCUT2D eigenvalue weighted by atomic mass is 10.1. The second-order valence-electron chi connectivity index (χ2n) is 6.63. The zero-order valence-corrected chi connectivity index (χ0v) is 16.6. The molecule has 0 saturated heterocycles. The minimum absolute atomic E-state index is 0.254. The number of methoxy groups -OCH3 is 1. The van der Waals surface area contributed by atoms with Crippen molar-refractivity contribution < 1.29 is 22.7 Å². The van der Waals surface area contributed by atoms with Gasteiger partial charge in [-0.1, -0.05) is 12.1 Å². The largest absolute Gasteiger partial charge is 0.467 e. The summed E-state index contributed by atoms with van der Waals surface area (Å²) in [6.45, 7) is -1.42. The van der Waals surface area contributed by atoms with Crippen molar-refractivity contribution in [3.8, 4) is 28.3 Å². The van der Waals surface area contributed by atoms with E-state index in [1.54, 1.807) is 65.1 Å². The molecule has 12 heteroatoms. The average molecular weight is 443 g/mol. The van der Waals surface area contributed by atoms with Gasteiger partial charge in [-0.25, -0.2) is 24.3 Å². The number of alkyl halides is 3. The van der Waals surface area contributed by atoms with E-state index < -0.39 is 18.8 Å². The number of carbonyl (C=O) groups is 1. The Morgan fingerprint density at radius 1 is 1.06 bits per heavy atom. The molecule has 0 aliphatic heterocycles. The maximum atomic E-state index is 12.3. The lowest BCUT2D eigenvalue weighted by Crippen LogP contribution is -2.36. The van der Waals surface area contributed by atoms with Crippen molar-refractivity contribution in [3.05, 3.63) is 55.2 Å². The number of hydrogen-bond donors (Lipinski definition) is 2. The van der Waals surface area contributed by atoms with E-state index in [4.69, 9.17) is 4.74 Å². The number of rotatable bonds is 5. The fourth-order valence-electron chi connectivity index (χ4n) is 2.92. The van der Waals surface area contributed by atoms with Crippen molar-refractivity contribution in [2.24, 2.45) is 0 Å². The minimum atomic E-state index is -4.49. The summed E-state index contributed by atoms with van der Waals surface area (Å²) in [6.07, 6.45) is 3.76. The van der Waals surface area contributed by atoms with Gasteiger partial charge in [0.2, 0.25) is 0 Å². The monoisotopic (exact) mass is 443 g/mol. The topological polar surface area (TPSA) is 106 Å². The number of anilines is 1. The molecule has 4 aromatic rings. The van der Waals surface area contributed by atoms with E-state index in [0.717, 1.165) is 11.1 Å². The van der Waals surface area contributed by atoms with Crippen molar-refractivity contribution in [1.82, 2.24) is 29.9 Å². The Labute approximate surface area is 179 Å². The number of fused-ring (bicyclic) bond motifs is 1. The zero-order chi connectivity index (χ0) is 22.7. The first-order valence-corrected chi connectivity index (χ1v) is 9.24. The molecule has 3 aromatic heterocycles. The fourth-order valence-corrected chi connectivity index (χ4v) is 2.92. The van der Waals surface area contributed by atoms with Crippen molar-refractivity contribution in [3.63, 3.8) is 0 Å². The third-order valence-corrected chi connectivity index (χ3v) is 4.38. The highest BCUT2D eigenvalue weighted by atomic mass is 19.4. The molecule has 32 heavy (non-hydrogen) atoms. The van der Waals surface area contributed by atoms with Gasteiger partial charge in [-0.05, 0) is 17.7 Å². The van der Waals surface area contributed by atoms with Crippen LogP contribution in [0.15, 0.2) is 55.2 Å². The molecule has 0 bridgehead atoms. The van der Waals surface area contributed by atoms with E-state index >= 15 is 0 Å². The molecule has 0 atom stereocenters. The molecule has 4 rings (SSSR count). The number of urea groups is 1. The highest BCUT2D eigenvalue weighted by molar-refractivity contribution is 5.90. The summed E-state index contributed by atoms with van der Waals surface area (Å²) in [5, 5.41) is 8.47. The highest BCUT2D eigenvalue weighted by Crippen LogP contribution is 2.27. The van der Waals surface area contributed by atoms with Gasteiger partial charge in [0.05, 0.1) is 13.3 Å². The smallest absolute Gasteiger partial charge is 0.405 e. The first kappa shape index (κ1) is 21.0. The Balaban J connectivity index is 1.56. The van der Waals surface area contributed by atoms with E-state index in [9.17, 15) is 18.0 Å². The van der Waals surface area contributed by atoms with Crippen LogP contribution < -0.4 is 15.4 Å². The van der Waals surface area contributed by atoms with Crippen LogP contribution in [-0.2, 0) is 0 Å². The molecule has 0 saturated carbocycles. The Morgan fingerprint density at radius 2 is 1.81 bits per heavy atom. The van der Waals surface area contributed by atoms with Gasteiger partial charge < -0.3 is 15.4 Å². The van der Waals surface area contributed by atoms with Crippen LogP contribution in [0.1, 0.15) is 0 Å². The van der Waals surface area contributed by atoms with Crippen LogP contribution in [-0.4, -0.2) is 50.4 Å². The van der Waals surface area contributed by atoms with Gasteiger partial charge in [0, 0.05) is 47.2 Å². The number of halogens is 3. The van der Waals surface area contributed by atoms with Crippen LogP contribution in [0.5, 0.6) is 6.01 Å². The van der Waals surface area contributed by atoms with Gasteiger partial charge in [0.1, 0.15) is 6.54 Å². The molecule has 9 nitrogen and oxygen atoms in total. The van der Waals surface area contributed by atoms with Crippen molar-refractivity contribution in [1.29, 1.82) is 0 Å². The summed E-state index contributed by atoms with van der Waals surface area (Å²) in [7, 11) is 1.48. The van der Waals surface area contributed by atoms with Crippen LogP contribution >= 0.6 is 0 Å². The van der Waals surface area contributed by atoms with Gasteiger partial charge in [0.15, 0.2) is 5.65 Å². The molecule has 3 heterocycles. The highest BCUT2D eigenvalue weighted by Gasteiger charge is 2.27. The summed E-state index contributed by atoms with van der Waals surface area (Å²) in [5.74, 6) is 0. The molecule has 0 spiro atoms. The van der Waals surface area contributed by atoms with Gasteiger partial charge in [-0.15, -0.1) is 0 Å². The van der Waals surface area contributed by atoms with Crippen molar-refractivity contribution >= 4 is 17.4 Å². The van der Waals surface area contributed by atoms with E-state index in [0.29, 0.717) is 22.5 Å². The second kappa shape index (κ2) is 8.49. The molecule has 1 aromatic carbocycles. The lowest BCUT2D eigenvalue weighted by molar-refractivity contribution is -0.122. The Hall–Kier alpha value is -4.22. The molecular weight excluding hydrogens is 427 g/mol. The molecule has 2 N–H and O–H groups in total. The summed E-state index contributed by atoms with van der Waals surface area (Å²) in [6, 6.07) is 5.94. The van der Waals surface area contributed by atoms with Gasteiger partial charge in [-0.3, -0.25) is 0 Å². The average Bonchev–Trinajstić information content (AvgIpc) is 3.21. The van der Waals surface area contributed by atoms with Crippen LogP contribution in [0.3, 0.4) is 0 Å². The van der Waals surface area contributed by atoms with Crippen LogP contribution in [0.4, 0.5) is 23.7 Å². The van der Waals surface area contributed by atoms with Crippen LogP contribution in [0.25, 0.3) is 27.9 Å². The minimum Gasteiger partial charge on any atom is -0.467 e. The molecular formula is C20H16F3N7O2. The standard InChI is InChI=1S/C20H16F3N7O2/c1-32-19-25-6-13(7-26-19)14-8-24-17-16(9-28-30(17)10-14)12-3-2-4-15(5-12)29-18(31)27-11-20(21,22)23/h2-10H,11H2,1H3,(H2,27,29,31). The Morgan fingerprint density at radius 3 is 2.53 bits per heavy atom. The van der Waals surface area contributed by atoms with Crippen molar-refractivity contribution in [2.75, 3.05) is 19.0 Å². The van der Waals surface area contributed by atoms with Crippen LogP contribution in [0, 0.1) is 0 Å². The number of aromatic nitrogens is 5. The zero-order valence-electron chi connectivity index (χ0n) is 16.6. The number of hydrogen-bond acceptors (Lipinski definition) is 6. The molecule has 0 radical (unpaired) electrons. The van der Waals surface area contributed by atoms with E-state index in [1.165, 1.54) is 7.11 Å².